The van der Waals surface area contributed by atoms with Gasteiger partial charge in [0.25, 0.3) is 5.91 Å². The summed E-state index contributed by atoms with van der Waals surface area (Å²) in [5.41, 5.74) is 5.61. The van der Waals surface area contributed by atoms with E-state index in [0.717, 1.165) is 5.52 Å². The molecule has 0 aliphatic carbocycles. The second-order valence-electron chi connectivity index (χ2n) is 3.91. The average molecular weight is 246 g/mol. The van der Waals surface area contributed by atoms with Gasteiger partial charge in [0.15, 0.2) is 0 Å². The molecule has 0 radical (unpaired) electrons. The summed E-state index contributed by atoms with van der Waals surface area (Å²) in [6.07, 6.45) is 1.50. The molecule has 1 aromatic carbocycles. The van der Waals surface area contributed by atoms with Crippen molar-refractivity contribution in [3.8, 4) is 5.75 Å². The second-order valence-corrected chi connectivity index (χ2v) is 3.91. The third-order valence-electron chi connectivity index (χ3n) is 2.89. The summed E-state index contributed by atoms with van der Waals surface area (Å²) >= 11 is 0. The van der Waals surface area contributed by atoms with Gasteiger partial charge in [0.05, 0.1) is 18.0 Å². The Morgan fingerprint density at radius 2 is 2.17 bits per heavy atom. The number of nitrogens with zero attached hydrogens (tertiary/aromatic N) is 1. The number of primary amides is 1. The van der Waals surface area contributed by atoms with Crippen molar-refractivity contribution in [2.24, 2.45) is 5.73 Å². The number of methoxy groups -OCH3 is 1. The lowest BCUT2D eigenvalue weighted by Gasteiger charge is -2.11. The number of hydrogen-bond donors (Lipinski definition) is 1. The lowest BCUT2D eigenvalue weighted by molar-refractivity contribution is 0.0999. The molecule has 18 heavy (non-hydrogen) atoms. The Morgan fingerprint density at radius 3 is 2.72 bits per heavy atom. The van der Waals surface area contributed by atoms with Gasteiger partial charge in [-0.1, -0.05) is 0 Å². The van der Waals surface area contributed by atoms with Crippen molar-refractivity contribution in [1.82, 2.24) is 4.57 Å². The second kappa shape index (κ2) is 4.52. The number of carbonyl (C=O) groups excluding carboxylic acids is 1. The van der Waals surface area contributed by atoms with Crippen molar-refractivity contribution in [1.29, 1.82) is 0 Å². The van der Waals surface area contributed by atoms with E-state index >= 15 is 0 Å². The zero-order valence-corrected chi connectivity index (χ0v) is 10.3. The van der Waals surface area contributed by atoms with Crippen LogP contribution >= 0.6 is 0 Å². The van der Waals surface area contributed by atoms with Crippen LogP contribution in [0.15, 0.2) is 29.2 Å². The summed E-state index contributed by atoms with van der Waals surface area (Å²) in [5, 5.41) is 0.438. The minimum atomic E-state index is -0.716. The number of aryl methyl sites for hydroxylation is 1. The molecule has 2 aromatic rings. The maximum Gasteiger partial charge on any atom is 0.254 e. The largest absolute Gasteiger partial charge is 0.497 e. The predicted molar refractivity (Wildman–Crippen MR) is 69.0 cm³/mol. The van der Waals surface area contributed by atoms with Crippen LogP contribution in [0.5, 0.6) is 5.75 Å². The van der Waals surface area contributed by atoms with Crippen molar-refractivity contribution in [3.05, 3.63) is 40.2 Å². The molecule has 0 saturated carbocycles. The van der Waals surface area contributed by atoms with E-state index in [-0.39, 0.29) is 11.0 Å². The van der Waals surface area contributed by atoms with Crippen LogP contribution in [0.25, 0.3) is 10.9 Å². The molecule has 2 N–H and O–H groups in total. The van der Waals surface area contributed by atoms with E-state index in [0.29, 0.717) is 17.7 Å². The van der Waals surface area contributed by atoms with E-state index in [4.69, 9.17) is 10.5 Å². The SMILES string of the molecule is CCn1cc(C(N)=O)c(=O)c2cc(OC)ccc21. The van der Waals surface area contributed by atoms with E-state index in [2.05, 4.69) is 0 Å². The molecule has 0 spiro atoms. The monoisotopic (exact) mass is 246 g/mol. The third-order valence-corrected chi connectivity index (χ3v) is 2.89. The first-order valence-corrected chi connectivity index (χ1v) is 5.59. The van der Waals surface area contributed by atoms with Crippen LogP contribution < -0.4 is 15.9 Å². The highest BCUT2D eigenvalue weighted by Crippen LogP contribution is 2.18. The van der Waals surface area contributed by atoms with Gasteiger partial charge in [0.2, 0.25) is 5.43 Å². The van der Waals surface area contributed by atoms with Crippen LogP contribution in [0, 0.1) is 0 Å². The number of amides is 1. The highest BCUT2D eigenvalue weighted by Gasteiger charge is 2.12. The summed E-state index contributed by atoms with van der Waals surface area (Å²) in [6, 6.07) is 5.19. The molecule has 94 valence electrons. The first kappa shape index (κ1) is 12.2. The Labute approximate surface area is 104 Å². The third kappa shape index (κ3) is 1.84. The summed E-state index contributed by atoms with van der Waals surface area (Å²) in [5.74, 6) is -0.143. The number of pyridine rings is 1. The van der Waals surface area contributed by atoms with Crippen molar-refractivity contribution >= 4 is 16.8 Å². The molecule has 1 aromatic heterocycles. The molecule has 0 aliphatic rings. The molecule has 0 saturated heterocycles. The van der Waals surface area contributed by atoms with Crippen molar-refractivity contribution in [2.45, 2.75) is 13.5 Å². The fraction of sp³-hybridized carbons (Fsp3) is 0.231. The number of carbonyl (C=O) groups is 1. The van der Waals surface area contributed by atoms with E-state index in [1.807, 2.05) is 11.5 Å². The number of hydrogen-bond acceptors (Lipinski definition) is 3. The number of fused-ring (bicyclic) bond motifs is 1. The van der Waals surface area contributed by atoms with Gasteiger partial charge in [-0.15, -0.1) is 0 Å². The standard InChI is InChI=1S/C13H14N2O3/c1-3-15-7-10(13(14)17)12(16)9-6-8(18-2)4-5-11(9)15/h4-7H,3H2,1-2H3,(H2,14,17). The molecule has 2 rings (SSSR count). The smallest absolute Gasteiger partial charge is 0.254 e. The molecule has 0 atom stereocenters. The molecule has 1 heterocycles. The van der Waals surface area contributed by atoms with Gasteiger partial charge in [0, 0.05) is 12.7 Å². The maximum atomic E-state index is 12.1. The van der Waals surface area contributed by atoms with Gasteiger partial charge in [0.1, 0.15) is 11.3 Å². The molecule has 0 bridgehead atoms. The maximum absolute atomic E-state index is 12.1. The molecule has 5 nitrogen and oxygen atoms in total. The number of rotatable bonds is 3. The van der Waals surface area contributed by atoms with E-state index < -0.39 is 5.91 Å². The topological polar surface area (TPSA) is 74.3 Å². The lowest BCUT2D eigenvalue weighted by atomic mass is 10.1. The fourth-order valence-corrected chi connectivity index (χ4v) is 1.94. The molecule has 1 amide bonds. The summed E-state index contributed by atoms with van der Waals surface area (Å²) in [7, 11) is 1.53. The number of ether oxygens (including phenoxy) is 1. The first-order chi connectivity index (χ1) is 8.58. The van der Waals surface area contributed by atoms with Crippen LogP contribution in [0.1, 0.15) is 17.3 Å². The Kier molecular flexibility index (Phi) is 3.06. The van der Waals surface area contributed by atoms with Gasteiger partial charge < -0.3 is 15.0 Å². The molecule has 0 aliphatic heterocycles. The van der Waals surface area contributed by atoms with E-state index in [1.54, 1.807) is 18.2 Å². The van der Waals surface area contributed by atoms with Crippen LogP contribution in [-0.4, -0.2) is 17.6 Å². The van der Waals surface area contributed by atoms with Gasteiger partial charge in [-0.25, -0.2) is 0 Å². The van der Waals surface area contributed by atoms with E-state index in [1.165, 1.54) is 13.3 Å². The lowest BCUT2D eigenvalue weighted by Crippen LogP contribution is -2.24. The first-order valence-electron chi connectivity index (χ1n) is 5.59. The van der Waals surface area contributed by atoms with Gasteiger partial charge in [-0.05, 0) is 25.1 Å². The predicted octanol–water partition coefficient (Wildman–Crippen LogP) is 1.13. The molecule has 5 heteroatoms. The highest BCUT2D eigenvalue weighted by molar-refractivity contribution is 5.96. The molecule has 0 fully saturated rings. The normalized spacial score (nSPS) is 10.6. The van der Waals surface area contributed by atoms with Gasteiger partial charge in [-0.3, -0.25) is 9.59 Å². The molecular weight excluding hydrogens is 232 g/mol. The Morgan fingerprint density at radius 1 is 1.44 bits per heavy atom. The van der Waals surface area contributed by atoms with Crippen molar-refractivity contribution in [2.75, 3.05) is 7.11 Å². The van der Waals surface area contributed by atoms with Crippen LogP contribution in [0.2, 0.25) is 0 Å². The number of aromatic nitrogens is 1. The summed E-state index contributed by atoms with van der Waals surface area (Å²) in [6.45, 7) is 2.57. The molecular formula is C13H14N2O3. The minimum Gasteiger partial charge on any atom is -0.497 e. The van der Waals surface area contributed by atoms with Gasteiger partial charge >= 0.3 is 0 Å². The quantitative estimate of drug-likeness (QED) is 0.882. The zero-order chi connectivity index (χ0) is 13.3. The number of nitrogens with two attached hydrogens (primary N) is 1. The summed E-state index contributed by atoms with van der Waals surface area (Å²) < 4.78 is 6.90. The van der Waals surface area contributed by atoms with Crippen LogP contribution in [0.3, 0.4) is 0 Å². The van der Waals surface area contributed by atoms with Crippen molar-refractivity contribution < 1.29 is 9.53 Å². The summed E-state index contributed by atoms with van der Waals surface area (Å²) in [4.78, 5) is 23.4. The van der Waals surface area contributed by atoms with Crippen molar-refractivity contribution in [3.63, 3.8) is 0 Å². The Hall–Kier alpha value is -2.30. The Balaban J connectivity index is 2.90. The van der Waals surface area contributed by atoms with Crippen LogP contribution in [-0.2, 0) is 6.54 Å². The minimum absolute atomic E-state index is 0.00222. The number of benzene rings is 1. The van der Waals surface area contributed by atoms with Gasteiger partial charge in [-0.2, -0.15) is 0 Å². The zero-order valence-electron chi connectivity index (χ0n) is 10.3. The van der Waals surface area contributed by atoms with Crippen LogP contribution in [0.4, 0.5) is 0 Å². The highest BCUT2D eigenvalue weighted by atomic mass is 16.5. The average Bonchev–Trinajstić information content (AvgIpc) is 2.38. The fourth-order valence-electron chi connectivity index (χ4n) is 1.94. The molecule has 0 unspecified atom stereocenters. The van der Waals surface area contributed by atoms with E-state index in [9.17, 15) is 9.59 Å². The Bertz CT molecular complexity index is 674.